The van der Waals surface area contributed by atoms with Crippen LogP contribution in [0.5, 0.6) is 17.2 Å². The van der Waals surface area contributed by atoms with Gasteiger partial charge in [0.05, 0.1) is 22.6 Å². The van der Waals surface area contributed by atoms with Crippen LogP contribution in [0.1, 0.15) is 15.9 Å². The second kappa shape index (κ2) is 6.27. The number of aromatic hydroxyl groups is 1. The lowest BCUT2D eigenvalue weighted by molar-refractivity contribution is -0.386. The molecule has 9 heteroatoms. The number of carbonyl (C=O) groups is 1. The highest BCUT2D eigenvalue weighted by Gasteiger charge is 2.30. The normalized spacial score (nSPS) is 14.4. The zero-order valence-electron chi connectivity index (χ0n) is 12.6. The molecule has 0 fully saturated rings. The van der Waals surface area contributed by atoms with E-state index in [1.165, 1.54) is 31.4 Å². The number of hydrogen-bond donors (Lipinski definition) is 1. The molecule has 0 spiro atoms. The van der Waals surface area contributed by atoms with E-state index in [4.69, 9.17) is 32.7 Å². The van der Waals surface area contributed by atoms with Crippen molar-refractivity contribution in [1.82, 2.24) is 0 Å². The van der Waals surface area contributed by atoms with Crippen molar-refractivity contribution in [2.45, 2.75) is 0 Å². The van der Waals surface area contributed by atoms with Crippen molar-refractivity contribution in [2.75, 3.05) is 7.11 Å². The van der Waals surface area contributed by atoms with Gasteiger partial charge in [0.15, 0.2) is 17.3 Å². The molecule has 1 N–H and O–H groups in total. The Kier molecular flexibility index (Phi) is 4.28. The third kappa shape index (κ3) is 2.99. The van der Waals surface area contributed by atoms with E-state index in [1.807, 2.05) is 0 Å². The maximum atomic E-state index is 12.4. The molecule has 7 nitrogen and oxygen atoms in total. The first-order valence-electron chi connectivity index (χ1n) is 6.80. The quantitative estimate of drug-likeness (QED) is 0.485. The van der Waals surface area contributed by atoms with Gasteiger partial charge in [-0.3, -0.25) is 14.9 Å². The van der Waals surface area contributed by atoms with E-state index in [9.17, 15) is 20.0 Å². The number of ketones is 1. The summed E-state index contributed by atoms with van der Waals surface area (Å²) in [5.74, 6) is -1.09. The minimum absolute atomic E-state index is 0.0822. The van der Waals surface area contributed by atoms with E-state index in [0.717, 1.165) is 6.07 Å². The van der Waals surface area contributed by atoms with Crippen LogP contribution in [0.25, 0.3) is 6.08 Å². The molecule has 0 unspecified atom stereocenters. The maximum absolute atomic E-state index is 12.4. The first kappa shape index (κ1) is 17.1. The van der Waals surface area contributed by atoms with Crippen molar-refractivity contribution >= 4 is 40.7 Å². The number of nitrogens with zero attached hydrogens (tertiary/aromatic N) is 1. The first-order valence-corrected chi connectivity index (χ1v) is 7.56. The maximum Gasteiger partial charge on any atom is 0.315 e. The molecule has 3 rings (SSSR count). The summed E-state index contributed by atoms with van der Waals surface area (Å²) in [6.45, 7) is 0. The van der Waals surface area contributed by atoms with Crippen molar-refractivity contribution in [1.29, 1.82) is 0 Å². The molecule has 1 aliphatic rings. The number of methoxy groups -OCH3 is 1. The van der Waals surface area contributed by atoms with Crippen LogP contribution in [-0.2, 0) is 0 Å². The van der Waals surface area contributed by atoms with Gasteiger partial charge in [-0.05, 0) is 29.8 Å². The Morgan fingerprint density at radius 3 is 2.64 bits per heavy atom. The van der Waals surface area contributed by atoms with Crippen molar-refractivity contribution < 1.29 is 24.3 Å². The van der Waals surface area contributed by atoms with Gasteiger partial charge in [0.2, 0.25) is 11.5 Å². The zero-order chi connectivity index (χ0) is 18.3. The minimum Gasteiger partial charge on any atom is -0.500 e. The summed E-state index contributed by atoms with van der Waals surface area (Å²) >= 11 is 11.9. The van der Waals surface area contributed by atoms with Crippen molar-refractivity contribution in [3.8, 4) is 17.2 Å². The molecule has 0 aliphatic carbocycles. The Bertz CT molecular complexity index is 954. The lowest BCUT2D eigenvalue weighted by Crippen LogP contribution is -1.99. The number of Topliss-reactive ketones (excluding diaryl/α,β-unsaturated/α-hetero) is 1. The Morgan fingerprint density at radius 1 is 1.28 bits per heavy atom. The van der Waals surface area contributed by atoms with Gasteiger partial charge in [0.1, 0.15) is 0 Å². The van der Waals surface area contributed by atoms with E-state index in [1.54, 1.807) is 0 Å². The molecular formula is C16H9Cl2NO6. The number of allylic oxidation sites excluding steroid dienone is 1. The number of phenolic OH excluding ortho intramolecular Hbond substituents is 1. The summed E-state index contributed by atoms with van der Waals surface area (Å²) in [7, 11) is 1.25. The third-order valence-electron chi connectivity index (χ3n) is 3.48. The molecule has 128 valence electrons. The van der Waals surface area contributed by atoms with Gasteiger partial charge >= 0.3 is 5.69 Å². The fraction of sp³-hybridized carbons (Fsp3) is 0.0625. The number of benzene rings is 2. The van der Waals surface area contributed by atoms with Gasteiger partial charge in [-0.25, -0.2) is 0 Å². The van der Waals surface area contributed by atoms with Crippen LogP contribution in [-0.4, -0.2) is 22.9 Å². The monoisotopic (exact) mass is 381 g/mol. The molecule has 25 heavy (non-hydrogen) atoms. The van der Waals surface area contributed by atoms with Crippen LogP contribution < -0.4 is 9.47 Å². The molecule has 0 saturated carbocycles. The lowest BCUT2D eigenvalue weighted by Gasteiger charge is -2.06. The molecule has 0 amide bonds. The second-order valence-corrected chi connectivity index (χ2v) is 5.90. The average Bonchev–Trinajstić information content (AvgIpc) is 2.85. The third-order valence-corrected chi connectivity index (χ3v) is 3.98. The van der Waals surface area contributed by atoms with Gasteiger partial charge in [0, 0.05) is 11.1 Å². The van der Waals surface area contributed by atoms with Crippen molar-refractivity contribution in [3.05, 3.63) is 61.3 Å². The van der Waals surface area contributed by atoms with Crippen LogP contribution in [0.4, 0.5) is 5.69 Å². The summed E-state index contributed by atoms with van der Waals surface area (Å²) in [5.41, 5.74) is -0.126. The summed E-state index contributed by atoms with van der Waals surface area (Å²) in [6.07, 6.45) is 1.29. The SMILES string of the molecule is COc1cc(/C=C2\Oc3c(Cl)cc(Cl)cc3C2=O)cc([N+](=O)[O-])c1O. The van der Waals surface area contributed by atoms with Crippen LogP contribution in [0.3, 0.4) is 0 Å². The van der Waals surface area contributed by atoms with Gasteiger partial charge < -0.3 is 14.6 Å². The van der Waals surface area contributed by atoms with E-state index in [-0.39, 0.29) is 38.4 Å². The number of ether oxygens (including phenoxy) is 2. The molecule has 0 radical (unpaired) electrons. The molecule has 2 aromatic carbocycles. The molecule has 0 saturated heterocycles. The number of hydrogen-bond acceptors (Lipinski definition) is 6. The fourth-order valence-corrected chi connectivity index (χ4v) is 2.89. The number of halogens is 2. The molecule has 1 aliphatic heterocycles. The van der Waals surface area contributed by atoms with Gasteiger partial charge in [-0.2, -0.15) is 0 Å². The van der Waals surface area contributed by atoms with Crippen molar-refractivity contribution in [3.63, 3.8) is 0 Å². The van der Waals surface area contributed by atoms with Gasteiger partial charge in [-0.1, -0.05) is 23.2 Å². The average molecular weight is 382 g/mol. The largest absolute Gasteiger partial charge is 0.500 e. The highest BCUT2D eigenvalue weighted by Crippen LogP contribution is 2.41. The van der Waals surface area contributed by atoms with Crippen LogP contribution in [0, 0.1) is 10.1 Å². The molecule has 0 atom stereocenters. The highest BCUT2D eigenvalue weighted by molar-refractivity contribution is 6.37. The number of carbonyl (C=O) groups excluding carboxylic acids is 1. The standard InChI is InChI=1S/C16H9Cl2NO6/c1-24-12-3-7(2-11(15(12)21)19(22)23)4-13-14(20)9-5-8(17)6-10(18)16(9)25-13/h2-6,21H,1H3/b13-4-. The fourth-order valence-electron chi connectivity index (χ4n) is 2.36. The predicted molar refractivity (Wildman–Crippen MR) is 90.7 cm³/mol. The van der Waals surface area contributed by atoms with Crippen LogP contribution >= 0.6 is 23.2 Å². The Hall–Kier alpha value is -2.77. The van der Waals surface area contributed by atoms with Crippen molar-refractivity contribution in [2.24, 2.45) is 0 Å². The van der Waals surface area contributed by atoms with Crippen LogP contribution in [0.15, 0.2) is 30.0 Å². The van der Waals surface area contributed by atoms with E-state index in [0.29, 0.717) is 0 Å². The van der Waals surface area contributed by atoms with E-state index < -0.39 is 22.1 Å². The topological polar surface area (TPSA) is 98.9 Å². The molecule has 2 aromatic rings. The Labute approximate surface area is 151 Å². The summed E-state index contributed by atoms with van der Waals surface area (Å²) in [5, 5.41) is 21.3. The Balaban J connectivity index is 2.08. The summed E-state index contributed by atoms with van der Waals surface area (Å²) in [4.78, 5) is 22.7. The second-order valence-electron chi connectivity index (χ2n) is 5.05. The smallest absolute Gasteiger partial charge is 0.315 e. The number of rotatable bonds is 3. The number of nitro benzene ring substituents is 1. The zero-order valence-corrected chi connectivity index (χ0v) is 14.1. The minimum atomic E-state index is -0.761. The lowest BCUT2D eigenvalue weighted by atomic mass is 10.1. The molecule has 1 heterocycles. The van der Waals surface area contributed by atoms with Gasteiger partial charge in [-0.15, -0.1) is 0 Å². The summed E-state index contributed by atoms with van der Waals surface area (Å²) < 4.78 is 10.4. The first-order chi connectivity index (χ1) is 11.8. The van der Waals surface area contributed by atoms with E-state index >= 15 is 0 Å². The predicted octanol–water partition coefficient (Wildman–Crippen LogP) is 4.23. The molecule has 0 bridgehead atoms. The number of fused-ring (bicyclic) bond motifs is 1. The van der Waals surface area contributed by atoms with Crippen LogP contribution in [0.2, 0.25) is 10.0 Å². The Morgan fingerprint density at radius 2 is 2.00 bits per heavy atom. The van der Waals surface area contributed by atoms with Gasteiger partial charge in [0.25, 0.3) is 0 Å². The highest BCUT2D eigenvalue weighted by atomic mass is 35.5. The number of phenols is 1. The van der Waals surface area contributed by atoms with E-state index in [2.05, 4.69) is 0 Å². The number of nitro groups is 1. The summed E-state index contributed by atoms with van der Waals surface area (Å²) in [6, 6.07) is 5.29. The molecular weight excluding hydrogens is 373 g/mol. The molecule has 0 aromatic heterocycles.